The molecular formula is C15H17F2N3O. The van der Waals surface area contributed by atoms with E-state index in [4.69, 9.17) is 4.52 Å². The van der Waals surface area contributed by atoms with E-state index in [0.717, 1.165) is 38.1 Å². The van der Waals surface area contributed by atoms with Crippen molar-refractivity contribution < 1.29 is 13.3 Å². The lowest BCUT2D eigenvalue weighted by molar-refractivity contribution is 0.324. The van der Waals surface area contributed by atoms with Crippen LogP contribution in [-0.2, 0) is 6.42 Å². The van der Waals surface area contributed by atoms with Crippen molar-refractivity contribution >= 4 is 0 Å². The lowest BCUT2D eigenvalue weighted by Crippen LogP contribution is -2.27. The molecule has 2 aromatic rings. The highest BCUT2D eigenvalue weighted by Crippen LogP contribution is 2.21. The molecule has 1 N–H and O–H groups in total. The quantitative estimate of drug-likeness (QED) is 0.941. The van der Waals surface area contributed by atoms with Crippen LogP contribution in [0.25, 0.3) is 11.4 Å². The predicted molar refractivity (Wildman–Crippen MR) is 73.6 cm³/mol. The summed E-state index contributed by atoms with van der Waals surface area (Å²) in [5.74, 6) is -0.255. The summed E-state index contributed by atoms with van der Waals surface area (Å²) in [7, 11) is 0. The smallest absolute Gasteiger partial charge is 0.226 e. The molecule has 1 saturated heterocycles. The number of nitrogens with one attached hydrogen (secondary N) is 1. The molecule has 112 valence electrons. The highest BCUT2D eigenvalue weighted by molar-refractivity contribution is 5.54. The van der Waals surface area contributed by atoms with Crippen LogP contribution in [0.3, 0.4) is 0 Å². The summed E-state index contributed by atoms with van der Waals surface area (Å²) in [6.07, 6.45) is 4.08. The molecule has 1 aliphatic heterocycles. The van der Waals surface area contributed by atoms with Gasteiger partial charge in [0.05, 0.1) is 0 Å². The second kappa shape index (κ2) is 6.30. The van der Waals surface area contributed by atoms with Crippen molar-refractivity contribution in [3.63, 3.8) is 0 Å². The fraction of sp³-hybridized carbons (Fsp3) is 0.467. The Morgan fingerprint density at radius 1 is 1.19 bits per heavy atom. The number of hydrogen-bond donors (Lipinski definition) is 1. The van der Waals surface area contributed by atoms with Gasteiger partial charge in [-0.1, -0.05) is 5.16 Å². The fourth-order valence-corrected chi connectivity index (χ4v) is 2.61. The van der Waals surface area contributed by atoms with Crippen molar-refractivity contribution in [1.29, 1.82) is 0 Å². The standard InChI is InChI=1S/C15H17F2N3O/c16-12-3-2-11(9-13(12)17)15-19-14(21-20-15)4-1-10-5-7-18-8-6-10/h2-3,9-10,18H,1,4-8H2. The number of aromatic nitrogens is 2. The van der Waals surface area contributed by atoms with Crippen molar-refractivity contribution in [2.45, 2.75) is 25.7 Å². The maximum absolute atomic E-state index is 13.2. The third kappa shape index (κ3) is 3.44. The molecule has 0 radical (unpaired) electrons. The Labute approximate surface area is 121 Å². The first-order chi connectivity index (χ1) is 10.2. The van der Waals surface area contributed by atoms with Crippen molar-refractivity contribution in [3.05, 3.63) is 35.7 Å². The van der Waals surface area contributed by atoms with Crippen LogP contribution < -0.4 is 5.32 Å². The van der Waals surface area contributed by atoms with Crippen molar-refractivity contribution in [3.8, 4) is 11.4 Å². The van der Waals surface area contributed by atoms with Gasteiger partial charge >= 0.3 is 0 Å². The lowest BCUT2D eigenvalue weighted by atomic mass is 9.93. The second-order valence-electron chi connectivity index (χ2n) is 5.37. The fourth-order valence-electron chi connectivity index (χ4n) is 2.61. The number of aryl methyl sites for hydroxylation is 1. The molecule has 1 fully saturated rings. The molecule has 1 aromatic carbocycles. The minimum Gasteiger partial charge on any atom is -0.339 e. The van der Waals surface area contributed by atoms with Gasteiger partial charge in [-0.2, -0.15) is 4.98 Å². The van der Waals surface area contributed by atoms with E-state index in [9.17, 15) is 8.78 Å². The van der Waals surface area contributed by atoms with E-state index in [-0.39, 0.29) is 0 Å². The summed E-state index contributed by atoms with van der Waals surface area (Å²) >= 11 is 0. The van der Waals surface area contributed by atoms with E-state index in [1.54, 1.807) is 0 Å². The summed E-state index contributed by atoms with van der Waals surface area (Å²) in [6, 6.07) is 3.59. The van der Waals surface area contributed by atoms with Gasteiger partial charge in [-0.3, -0.25) is 0 Å². The monoisotopic (exact) mass is 293 g/mol. The second-order valence-corrected chi connectivity index (χ2v) is 5.37. The molecule has 0 spiro atoms. The average molecular weight is 293 g/mol. The summed E-state index contributed by atoms with van der Waals surface area (Å²) < 4.78 is 31.3. The number of piperidine rings is 1. The van der Waals surface area contributed by atoms with Gasteiger partial charge in [0.25, 0.3) is 0 Å². The highest BCUT2D eigenvalue weighted by atomic mass is 19.2. The van der Waals surface area contributed by atoms with E-state index in [2.05, 4.69) is 15.5 Å². The zero-order chi connectivity index (χ0) is 14.7. The molecule has 21 heavy (non-hydrogen) atoms. The minimum atomic E-state index is -0.909. The minimum absolute atomic E-state index is 0.300. The Kier molecular flexibility index (Phi) is 4.24. The molecule has 0 amide bonds. The maximum atomic E-state index is 13.2. The number of halogens is 2. The van der Waals surface area contributed by atoms with Crippen LogP contribution in [0, 0.1) is 17.6 Å². The molecule has 0 bridgehead atoms. The SMILES string of the molecule is Fc1ccc(-c2noc(CCC3CCNCC3)n2)cc1F. The van der Waals surface area contributed by atoms with Gasteiger partial charge in [-0.15, -0.1) is 0 Å². The summed E-state index contributed by atoms with van der Waals surface area (Å²) in [6.45, 7) is 2.13. The van der Waals surface area contributed by atoms with Crippen molar-refractivity contribution in [2.75, 3.05) is 13.1 Å². The number of rotatable bonds is 4. The third-order valence-electron chi connectivity index (χ3n) is 3.87. The molecule has 0 unspecified atom stereocenters. The van der Waals surface area contributed by atoms with Gasteiger partial charge < -0.3 is 9.84 Å². The number of hydrogen-bond acceptors (Lipinski definition) is 4. The first-order valence-corrected chi connectivity index (χ1v) is 7.21. The third-order valence-corrected chi connectivity index (χ3v) is 3.87. The Bertz CT molecular complexity index is 609. The zero-order valence-corrected chi connectivity index (χ0v) is 11.6. The Hall–Kier alpha value is -1.82. The first kappa shape index (κ1) is 14.1. The zero-order valence-electron chi connectivity index (χ0n) is 11.6. The van der Waals surface area contributed by atoms with Gasteiger partial charge in [0.1, 0.15) is 0 Å². The molecule has 4 nitrogen and oxygen atoms in total. The predicted octanol–water partition coefficient (Wildman–Crippen LogP) is 2.95. The van der Waals surface area contributed by atoms with Crippen molar-refractivity contribution in [1.82, 2.24) is 15.5 Å². The number of benzene rings is 1. The van der Waals surface area contributed by atoms with Crippen molar-refractivity contribution in [2.24, 2.45) is 5.92 Å². The average Bonchev–Trinajstić information content (AvgIpc) is 2.98. The number of nitrogens with zero attached hydrogens (tertiary/aromatic N) is 2. The first-order valence-electron chi connectivity index (χ1n) is 7.21. The van der Waals surface area contributed by atoms with Crippen LogP contribution in [0.5, 0.6) is 0 Å². The van der Waals surface area contributed by atoms with Crippen LogP contribution >= 0.6 is 0 Å². The van der Waals surface area contributed by atoms with Gasteiger partial charge in [-0.25, -0.2) is 8.78 Å². The van der Waals surface area contributed by atoms with Gasteiger partial charge in [0, 0.05) is 12.0 Å². The van der Waals surface area contributed by atoms with E-state index in [1.165, 1.54) is 18.9 Å². The maximum Gasteiger partial charge on any atom is 0.226 e. The van der Waals surface area contributed by atoms with E-state index >= 15 is 0 Å². The Balaban J connectivity index is 1.63. The van der Waals surface area contributed by atoms with E-state index in [0.29, 0.717) is 23.2 Å². The normalized spacial score (nSPS) is 16.3. The Morgan fingerprint density at radius 3 is 2.76 bits per heavy atom. The molecule has 1 aromatic heterocycles. The lowest BCUT2D eigenvalue weighted by Gasteiger charge is -2.21. The summed E-state index contributed by atoms with van der Waals surface area (Å²) in [4.78, 5) is 4.25. The van der Waals surface area contributed by atoms with Crippen LogP contribution in [0.2, 0.25) is 0 Å². The van der Waals surface area contributed by atoms with Gasteiger partial charge in [0.15, 0.2) is 11.6 Å². The molecular weight excluding hydrogens is 276 g/mol. The van der Waals surface area contributed by atoms with Crippen LogP contribution in [0.15, 0.2) is 22.7 Å². The molecule has 0 saturated carbocycles. The largest absolute Gasteiger partial charge is 0.339 e. The van der Waals surface area contributed by atoms with Gasteiger partial charge in [0.2, 0.25) is 11.7 Å². The topological polar surface area (TPSA) is 51.0 Å². The van der Waals surface area contributed by atoms with E-state index in [1.807, 2.05) is 0 Å². The van der Waals surface area contributed by atoms with Crippen LogP contribution in [-0.4, -0.2) is 23.2 Å². The molecule has 2 heterocycles. The molecule has 0 atom stereocenters. The summed E-state index contributed by atoms with van der Waals surface area (Å²) in [5.41, 5.74) is 0.422. The molecule has 0 aliphatic carbocycles. The Morgan fingerprint density at radius 2 is 2.00 bits per heavy atom. The van der Waals surface area contributed by atoms with Gasteiger partial charge in [-0.05, 0) is 56.5 Å². The van der Waals surface area contributed by atoms with Crippen LogP contribution in [0.1, 0.15) is 25.2 Å². The highest BCUT2D eigenvalue weighted by Gasteiger charge is 2.16. The van der Waals surface area contributed by atoms with Crippen LogP contribution in [0.4, 0.5) is 8.78 Å². The molecule has 1 aliphatic rings. The van der Waals surface area contributed by atoms with E-state index < -0.39 is 11.6 Å². The summed E-state index contributed by atoms with van der Waals surface area (Å²) in [5, 5.41) is 7.16. The molecule has 3 rings (SSSR count). The molecule has 6 heteroatoms.